The molecule has 3 nitrogen and oxygen atoms in total. The van der Waals surface area contributed by atoms with E-state index in [0.717, 1.165) is 16.9 Å². The van der Waals surface area contributed by atoms with Gasteiger partial charge in [-0.05, 0) is 25.5 Å². The van der Waals surface area contributed by atoms with Crippen LogP contribution in [0.3, 0.4) is 0 Å². The molecule has 3 heteroatoms. The van der Waals surface area contributed by atoms with Crippen LogP contribution in [-0.2, 0) is 9.53 Å². The number of esters is 1. The molecule has 112 valence electrons. The molecule has 1 heterocycles. The minimum absolute atomic E-state index is 0.162. The third kappa shape index (κ3) is 2.50. The van der Waals surface area contributed by atoms with Gasteiger partial charge in [0.1, 0.15) is 11.5 Å². The molecule has 0 saturated heterocycles. The van der Waals surface area contributed by atoms with Gasteiger partial charge < -0.3 is 9.47 Å². The van der Waals surface area contributed by atoms with Crippen molar-refractivity contribution in [2.45, 2.75) is 19.8 Å². The maximum Gasteiger partial charge on any atom is 0.338 e. The Bertz CT molecular complexity index is 716. The molecular weight excluding hydrogens is 276 g/mol. The van der Waals surface area contributed by atoms with Gasteiger partial charge >= 0.3 is 5.97 Å². The number of ether oxygens (including phenoxy) is 2. The number of carbonyl (C=O) groups is 1. The first kappa shape index (κ1) is 14.4. The number of carbonyl (C=O) groups excluding carboxylic acids is 1. The first-order valence-electron chi connectivity index (χ1n) is 7.42. The lowest BCUT2D eigenvalue weighted by molar-refractivity contribution is -0.139. The monoisotopic (exact) mass is 294 g/mol. The topological polar surface area (TPSA) is 35.5 Å². The zero-order chi connectivity index (χ0) is 15.5. The van der Waals surface area contributed by atoms with E-state index in [4.69, 9.17) is 9.47 Å². The van der Waals surface area contributed by atoms with Gasteiger partial charge in [0.15, 0.2) is 0 Å². The number of benzene rings is 2. The van der Waals surface area contributed by atoms with E-state index in [0.29, 0.717) is 17.9 Å². The van der Waals surface area contributed by atoms with E-state index in [1.807, 2.05) is 68.4 Å². The highest BCUT2D eigenvalue weighted by Gasteiger charge is 2.34. The Hall–Kier alpha value is -2.55. The van der Waals surface area contributed by atoms with E-state index < -0.39 is 0 Å². The number of fused-ring (bicyclic) bond motifs is 1. The Balaban J connectivity index is 2.17. The molecule has 0 N–H and O–H groups in total. The molecule has 0 amide bonds. The Morgan fingerprint density at radius 1 is 1.09 bits per heavy atom. The van der Waals surface area contributed by atoms with E-state index in [9.17, 15) is 4.79 Å². The van der Waals surface area contributed by atoms with Crippen LogP contribution in [0.4, 0.5) is 0 Å². The van der Waals surface area contributed by atoms with Crippen LogP contribution in [0.25, 0.3) is 0 Å². The van der Waals surface area contributed by atoms with Crippen molar-refractivity contribution in [2.24, 2.45) is 0 Å². The second kappa shape index (κ2) is 6.06. The van der Waals surface area contributed by atoms with Crippen molar-refractivity contribution in [1.82, 2.24) is 0 Å². The SMILES string of the molecule is CCOC(=O)C1=C(C)Oc2ccccc2C1c1ccccc1. The lowest BCUT2D eigenvalue weighted by atomic mass is 9.82. The summed E-state index contributed by atoms with van der Waals surface area (Å²) in [5.74, 6) is 0.918. The van der Waals surface area contributed by atoms with Crippen LogP contribution < -0.4 is 4.74 Å². The molecule has 2 aromatic carbocycles. The number of allylic oxidation sites excluding steroid dienone is 1. The van der Waals surface area contributed by atoms with Gasteiger partial charge in [0, 0.05) is 11.5 Å². The first-order valence-corrected chi connectivity index (χ1v) is 7.42. The summed E-state index contributed by atoms with van der Waals surface area (Å²) in [6.07, 6.45) is 0. The van der Waals surface area contributed by atoms with Crippen molar-refractivity contribution in [3.63, 3.8) is 0 Å². The molecule has 0 aromatic heterocycles. The van der Waals surface area contributed by atoms with Crippen LogP contribution >= 0.6 is 0 Å². The third-order valence-electron chi connectivity index (χ3n) is 3.79. The molecule has 0 spiro atoms. The van der Waals surface area contributed by atoms with E-state index >= 15 is 0 Å². The van der Waals surface area contributed by atoms with Gasteiger partial charge in [-0.15, -0.1) is 0 Å². The molecule has 22 heavy (non-hydrogen) atoms. The second-order valence-corrected chi connectivity index (χ2v) is 5.17. The average molecular weight is 294 g/mol. The molecule has 1 aliphatic rings. The molecule has 0 aliphatic carbocycles. The minimum atomic E-state index is -0.316. The summed E-state index contributed by atoms with van der Waals surface area (Å²) in [5.41, 5.74) is 2.62. The normalized spacial score (nSPS) is 16.7. The third-order valence-corrected chi connectivity index (χ3v) is 3.79. The number of hydrogen-bond acceptors (Lipinski definition) is 3. The highest BCUT2D eigenvalue weighted by molar-refractivity contribution is 5.92. The number of para-hydroxylation sites is 1. The van der Waals surface area contributed by atoms with Crippen LogP contribution in [0.15, 0.2) is 65.9 Å². The Morgan fingerprint density at radius 3 is 2.50 bits per heavy atom. The summed E-state index contributed by atoms with van der Waals surface area (Å²) < 4.78 is 11.1. The van der Waals surface area contributed by atoms with Crippen LogP contribution in [-0.4, -0.2) is 12.6 Å². The fourth-order valence-electron chi connectivity index (χ4n) is 2.85. The Labute approximate surface area is 130 Å². The molecule has 0 saturated carbocycles. The lowest BCUT2D eigenvalue weighted by Crippen LogP contribution is -2.23. The largest absolute Gasteiger partial charge is 0.463 e. The van der Waals surface area contributed by atoms with E-state index in [2.05, 4.69) is 0 Å². The van der Waals surface area contributed by atoms with Crippen LogP contribution in [0.1, 0.15) is 30.9 Å². The molecule has 2 aromatic rings. The Morgan fingerprint density at radius 2 is 1.77 bits per heavy atom. The summed E-state index contributed by atoms with van der Waals surface area (Å²) in [6, 6.07) is 17.8. The van der Waals surface area contributed by atoms with Gasteiger partial charge in [0.2, 0.25) is 0 Å². The van der Waals surface area contributed by atoms with Crippen molar-refractivity contribution in [2.75, 3.05) is 6.61 Å². The van der Waals surface area contributed by atoms with Crippen molar-refractivity contribution in [3.05, 3.63) is 77.1 Å². The number of hydrogen-bond donors (Lipinski definition) is 0. The molecular formula is C19H18O3. The molecule has 1 aliphatic heterocycles. The summed E-state index contributed by atoms with van der Waals surface area (Å²) in [4.78, 5) is 12.4. The quantitative estimate of drug-likeness (QED) is 0.801. The highest BCUT2D eigenvalue weighted by atomic mass is 16.5. The standard InChI is InChI=1S/C19H18O3/c1-3-21-19(20)17-13(2)22-16-12-8-7-11-15(16)18(17)14-9-5-4-6-10-14/h4-12,18H,3H2,1-2H3. The fraction of sp³-hybridized carbons (Fsp3) is 0.211. The van der Waals surface area contributed by atoms with Crippen molar-refractivity contribution in [3.8, 4) is 5.75 Å². The molecule has 1 unspecified atom stereocenters. The molecule has 0 radical (unpaired) electrons. The fourth-order valence-corrected chi connectivity index (χ4v) is 2.85. The van der Waals surface area contributed by atoms with E-state index in [1.165, 1.54) is 0 Å². The first-order chi connectivity index (χ1) is 10.7. The summed E-state index contributed by atoms with van der Waals surface area (Å²) in [6.45, 7) is 3.97. The van der Waals surface area contributed by atoms with Crippen molar-refractivity contribution >= 4 is 5.97 Å². The Kier molecular flexibility index (Phi) is 3.96. The van der Waals surface area contributed by atoms with Crippen molar-refractivity contribution in [1.29, 1.82) is 0 Å². The second-order valence-electron chi connectivity index (χ2n) is 5.17. The van der Waals surface area contributed by atoms with Crippen LogP contribution in [0.5, 0.6) is 5.75 Å². The summed E-state index contributed by atoms with van der Waals surface area (Å²) >= 11 is 0. The van der Waals surface area contributed by atoms with Gasteiger partial charge in [0.05, 0.1) is 12.2 Å². The zero-order valence-electron chi connectivity index (χ0n) is 12.7. The van der Waals surface area contributed by atoms with E-state index in [1.54, 1.807) is 0 Å². The summed E-state index contributed by atoms with van der Waals surface area (Å²) in [5, 5.41) is 0. The molecule has 1 atom stereocenters. The maximum absolute atomic E-state index is 12.4. The van der Waals surface area contributed by atoms with Gasteiger partial charge in [0.25, 0.3) is 0 Å². The molecule has 3 rings (SSSR count). The van der Waals surface area contributed by atoms with Gasteiger partial charge in [-0.25, -0.2) is 4.79 Å². The van der Waals surface area contributed by atoms with Gasteiger partial charge in [-0.1, -0.05) is 48.5 Å². The average Bonchev–Trinajstić information content (AvgIpc) is 2.54. The predicted molar refractivity (Wildman–Crippen MR) is 84.7 cm³/mol. The smallest absolute Gasteiger partial charge is 0.338 e. The van der Waals surface area contributed by atoms with Crippen molar-refractivity contribution < 1.29 is 14.3 Å². The number of rotatable bonds is 3. The lowest BCUT2D eigenvalue weighted by Gasteiger charge is -2.28. The minimum Gasteiger partial charge on any atom is -0.463 e. The maximum atomic E-state index is 12.4. The van der Waals surface area contributed by atoms with Gasteiger partial charge in [-0.3, -0.25) is 0 Å². The zero-order valence-corrected chi connectivity index (χ0v) is 12.7. The molecule has 0 bridgehead atoms. The van der Waals surface area contributed by atoms with Crippen LogP contribution in [0.2, 0.25) is 0 Å². The summed E-state index contributed by atoms with van der Waals surface area (Å²) in [7, 11) is 0. The van der Waals surface area contributed by atoms with Gasteiger partial charge in [-0.2, -0.15) is 0 Å². The van der Waals surface area contributed by atoms with Crippen LogP contribution in [0, 0.1) is 0 Å². The predicted octanol–water partition coefficient (Wildman–Crippen LogP) is 4.05. The van der Waals surface area contributed by atoms with E-state index in [-0.39, 0.29) is 11.9 Å². The highest BCUT2D eigenvalue weighted by Crippen LogP contribution is 2.43. The molecule has 0 fully saturated rings.